The van der Waals surface area contributed by atoms with Crippen LogP contribution >= 0.6 is 11.6 Å². The fourth-order valence-electron chi connectivity index (χ4n) is 3.60. The highest BCUT2D eigenvalue weighted by molar-refractivity contribution is 6.31. The summed E-state index contributed by atoms with van der Waals surface area (Å²) >= 11 is 6.35. The molecular weight excluding hydrogens is 368 g/mol. The number of fused-ring (bicyclic) bond motifs is 2. The first-order valence-electron chi connectivity index (χ1n) is 9.47. The molecule has 8 heteroatoms. The summed E-state index contributed by atoms with van der Waals surface area (Å²) in [5.41, 5.74) is 0.766. The maximum absolute atomic E-state index is 12.8. The second kappa shape index (κ2) is 6.71. The number of halogens is 1. The lowest BCUT2D eigenvalue weighted by Gasteiger charge is -2.22. The molecule has 1 aromatic carbocycles. The number of benzene rings is 1. The molecule has 3 heterocycles. The Labute approximate surface area is 162 Å². The first-order valence-corrected chi connectivity index (χ1v) is 9.84. The van der Waals surface area contributed by atoms with E-state index < -0.39 is 0 Å². The molecule has 1 fully saturated rings. The fourth-order valence-corrected chi connectivity index (χ4v) is 3.82. The van der Waals surface area contributed by atoms with E-state index in [1.807, 2.05) is 15.6 Å². The van der Waals surface area contributed by atoms with Crippen LogP contribution in [0.1, 0.15) is 36.0 Å². The maximum Gasteiger partial charge on any atom is 0.227 e. The summed E-state index contributed by atoms with van der Waals surface area (Å²) in [6.07, 6.45) is 3.38. The average molecular weight is 389 g/mol. The van der Waals surface area contributed by atoms with Crippen LogP contribution in [0, 0.1) is 0 Å². The van der Waals surface area contributed by atoms with Crippen LogP contribution in [0.15, 0.2) is 12.1 Å². The largest absolute Gasteiger partial charge is 0.486 e. The molecule has 142 valence electrons. The van der Waals surface area contributed by atoms with Gasteiger partial charge in [-0.25, -0.2) is 9.67 Å². The highest BCUT2D eigenvalue weighted by Crippen LogP contribution is 2.38. The third kappa shape index (κ3) is 3.36. The van der Waals surface area contributed by atoms with Crippen LogP contribution in [-0.4, -0.2) is 51.9 Å². The summed E-state index contributed by atoms with van der Waals surface area (Å²) in [6, 6.07) is 3.56. The van der Waals surface area contributed by atoms with Crippen molar-refractivity contribution in [3.8, 4) is 11.5 Å². The zero-order chi connectivity index (χ0) is 18.4. The molecule has 2 aliphatic heterocycles. The quantitative estimate of drug-likeness (QED) is 0.806. The smallest absolute Gasteiger partial charge is 0.227 e. The molecule has 7 nitrogen and oxygen atoms in total. The second-order valence-electron chi connectivity index (χ2n) is 7.28. The SMILES string of the molecule is O=C(Cc1cc2c(cc1Cl)OCCO2)N1CCc2nc(C3CC3)nn2CC1. The number of hydrogen-bond acceptors (Lipinski definition) is 5. The van der Waals surface area contributed by atoms with Gasteiger partial charge in [0.15, 0.2) is 17.3 Å². The average Bonchev–Trinajstić information content (AvgIpc) is 3.46. The number of hydrogen-bond donors (Lipinski definition) is 0. The van der Waals surface area contributed by atoms with Gasteiger partial charge in [-0.3, -0.25) is 4.79 Å². The zero-order valence-corrected chi connectivity index (χ0v) is 15.7. The molecule has 2 aromatic rings. The van der Waals surface area contributed by atoms with Crippen LogP contribution in [0.5, 0.6) is 11.5 Å². The normalized spacial score (nSPS) is 18.8. The Morgan fingerprint density at radius 3 is 2.70 bits per heavy atom. The van der Waals surface area contributed by atoms with Crippen molar-refractivity contribution < 1.29 is 14.3 Å². The van der Waals surface area contributed by atoms with E-state index in [-0.39, 0.29) is 12.3 Å². The Bertz CT molecular complexity index is 868. The molecule has 0 unspecified atom stereocenters. The minimum atomic E-state index is 0.0572. The van der Waals surface area contributed by atoms with Gasteiger partial charge >= 0.3 is 0 Å². The third-order valence-corrected chi connectivity index (χ3v) is 5.65. The maximum atomic E-state index is 12.8. The molecular formula is C19H21ClN4O3. The first-order chi connectivity index (χ1) is 13.2. The van der Waals surface area contributed by atoms with Crippen molar-refractivity contribution in [2.24, 2.45) is 0 Å². The lowest BCUT2D eigenvalue weighted by molar-refractivity contribution is -0.130. The molecule has 0 bridgehead atoms. The van der Waals surface area contributed by atoms with Crippen molar-refractivity contribution in [2.75, 3.05) is 26.3 Å². The number of aromatic nitrogens is 3. The highest BCUT2D eigenvalue weighted by Gasteiger charge is 2.30. The fraction of sp³-hybridized carbons (Fsp3) is 0.526. The van der Waals surface area contributed by atoms with Crippen molar-refractivity contribution >= 4 is 17.5 Å². The minimum Gasteiger partial charge on any atom is -0.486 e. The van der Waals surface area contributed by atoms with Crippen molar-refractivity contribution in [1.29, 1.82) is 0 Å². The predicted molar refractivity (Wildman–Crippen MR) is 98.4 cm³/mol. The van der Waals surface area contributed by atoms with Crippen LogP contribution in [0.25, 0.3) is 0 Å². The van der Waals surface area contributed by atoms with Gasteiger partial charge in [-0.15, -0.1) is 0 Å². The van der Waals surface area contributed by atoms with Crippen molar-refractivity contribution in [3.63, 3.8) is 0 Å². The molecule has 1 saturated carbocycles. The third-order valence-electron chi connectivity index (χ3n) is 5.30. The molecule has 0 atom stereocenters. The van der Waals surface area contributed by atoms with Gasteiger partial charge in [0.2, 0.25) is 5.91 Å². The highest BCUT2D eigenvalue weighted by atomic mass is 35.5. The van der Waals surface area contributed by atoms with Crippen molar-refractivity contribution in [2.45, 2.75) is 38.1 Å². The Balaban J connectivity index is 1.27. The van der Waals surface area contributed by atoms with E-state index in [0.29, 0.717) is 55.3 Å². The van der Waals surface area contributed by atoms with Crippen molar-refractivity contribution in [1.82, 2.24) is 19.7 Å². The summed E-state index contributed by atoms with van der Waals surface area (Å²) in [5.74, 6) is 3.88. The number of nitrogens with zero attached hydrogens (tertiary/aromatic N) is 4. The molecule has 1 aromatic heterocycles. The lowest BCUT2D eigenvalue weighted by Crippen LogP contribution is -2.35. The molecule has 1 aliphatic carbocycles. The molecule has 0 N–H and O–H groups in total. The van der Waals surface area contributed by atoms with E-state index in [4.69, 9.17) is 21.1 Å². The van der Waals surface area contributed by atoms with Crippen LogP contribution in [0.2, 0.25) is 5.02 Å². The molecule has 5 rings (SSSR count). The predicted octanol–water partition coefficient (Wildman–Crippen LogP) is 2.21. The van der Waals surface area contributed by atoms with Gasteiger partial charge in [-0.05, 0) is 24.5 Å². The topological polar surface area (TPSA) is 69.5 Å². The van der Waals surface area contributed by atoms with Gasteiger partial charge in [-0.2, -0.15) is 5.10 Å². The second-order valence-corrected chi connectivity index (χ2v) is 7.69. The van der Waals surface area contributed by atoms with Crippen LogP contribution in [-0.2, 0) is 24.2 Å². The lowest BCUT2D eigenvalue weighted by atomic mass is 10.1. The summed E-state index contributed by atoms with van der Waals surface area (Å²) < 4.78 is 13.1. The van der Waals surface area contributed by atoms with E-state index in [9.17, 15) is 4.79 Å². The number of amides is 1. The minimum absolute atomic E-state index is 0.0572. The summed E-state index contributed by atoms with van der Waals surface area (Å²) in [4.78, 5) is 19.4. The Kier molecular flexibility index (Phi) is 4.19. The van der Waals surface area contributed by atoms with Gasteiger partial charge in [0.1, 0.15) is 19.0 Å². The number of carbonyl (C=O) groups excluding carboxylic acids is 1. The van der Waals surface area contributed by atoms with Gasteiger partial charge in [-0.1, -0.05) is 11.6 Å². The molecule has 0 saturated heterocycles. The Morgan fingerprint density at radius 2 is 1.93 bits per heavy atom. The molecule has 1 amide bonds. The standard InChI is InChI=1S/C19H21ClN4O3/c20-14-11-16-15(26-7-8-27-16)9-13(14)10-18(25)23-4-3-17-21-19(12-1-2-12)22-24(17)6-5-23/h9,11-12H,1-8,10H2. The van der Waals surface area contributed by atoms with Gasteiger partial charge < -0.3 is 14.4 Å². The Morgan fingerprint density at radius 1 is 1.15 bits per heavy atom. The van der Waals surface area contributed by atoms with Gasteiger partial charge in [0.25, 0.3) is 0 Å². The van der Waals surface area contributed by atoms with Crippen molar-refractivity contribution in [3.05, 3.63) is 34.4 Å². The zero-order valence-electron chi connectivity index (χ0n) is 15.0. The van der Waals surface area contributed by atoms with Crippen LogP contribution in [0.4, 0.5) is 0 Å². The molecule has 27 heavy (non-hydrogen) atoms. The number of ether oxygens (including phenoxy) is 2. The van der Waals surface area contributed by atoms with E-state index in [2.05, 4.69) is 10.1 Å². The van der Waals surface area contributed by atoms with Crippen LogP contribution in [0.3, 0.4) is 0 Å². The first kappa shape index (κ1) is 16.9. The monoisotopic (exact) mass is 388 g/mol. The van der Waals surface area contributed by atoms with E-state index >= 15 is 0 Å². The molecule has 3 aliphatic rings. The van der Waals surface area contributed by atoms with Crippen LogP contribution < -0.4 is 9.47 Å². The summed E-state index contributed by atoms with van der Waals surface area (Å²) in [7, 11) is 0. The number of rotatable bonds is 3. The van der Waals surface area contributed by atoms with E-state index in [1.165, 1.54) is 12.8 Å². The summed E-state index contributed by atoms with van der Waals surface area (Å²) in [6.45, 7) is 3.01. The van der Waals surface area contributed by atoms with Gasteiger partial charge in [0, 0.05) is 36.5 Å². The molecule has 0 spiro atoms. The number of carbonyl (C=O) groups is 1. The van der Waals surface area contributed by atoms with Gasteiger partial charge in [0.05, 0.1) is 13.0 Å². The summed E-state index contributed by atoms with van der Waals surface area (Å²) in [5, 5.41) is 5.16. The van der Waals surface area contributed by atoms with E-state index in [1.54, 1.807) is 6.07 Å². The van der Waals surface area contributed by atoms with E-state index in [0.717, 1.165) is 23.6 Å². The Hall–Kier alpha value is -2.28. The molecule has 0 radical (unpaired) electrons.